The van der Waals surface area contributed by atoms with Crippen LogP contribution in [-0.4, -0.2) is 27.7 Å². The van der Waals surface area contributed by atoms with Gasteiger partial charge in [-0.2, -0.15) is 4.98 Å². The van der Waals surface area contributed by atoms with E-state index >= 15 is 0 Å². The second kappa shape index (κ2) is 6.18. The predicted molar refractivity (Wildman–Crippen MR) is 75.8 cm³/mol. The van der Waals surface area contributed by atoms with Gasteiger partial charge in [0, 0.05) is 0 Å². The lowest BCUT2D eigenvalue weighted by atomic mass is 10.1. The number of nitrogens with zero attached hydrogens (tertiary/aromatic N) is 2. The Balaban J connectivity index is 1.81. The standard InChI is InChI=1S/C14H18N4O2/c1-9-5-4-6-12(10(9)2)20-8-7-13(19)16-14-15-11(3)17-18-14/h4-6H,7-8H2,1-3H3,(H2,15,16,17,18,19). The summed E-state index contributed by atoms with van der Waals surface area (Å²) in [7, 11) is 0. The van der Waals surface area contributed by atoms with Crippen molar-refractivity contribution in [2.24, 2.45) is 0 Å². The summed E-state index contributed by atoms with van der Waals surface area (Å²) in [6.07, 6.45) is 0.251. The van der Waals surface area contributed by atoms with Crippen LogP contribution in [-0.2, 0) is 4.79 Å². The Kier molecular flexibility index (Phi) is 4.34. The summed E-state index contributed by atoms with van der Waals surface area (Å²) in [5, 5.41) is 9.10. The minimum absolute atomic E-state index is 0.172. The molecule has 0 saturated heterocycles. The number of amides is 1. The first kappa shape index (κ1) is 14.0. The third-order valence-electron chi connectivity index (χ3n) is 2.99. The second-order valence-electron chi connectivity index (χ2n) is 4.59. The number of carbonyl (C=O) groups excluding carboxylic acids is 1. The maximum absolute atomic E-state index is 11.7. The van der Waals surface area contributed by atoms with Gasteiger partial charge in [0.2, 0.25) is 11.9 Å². The summed E-state index contributed by atoms with van der Waals surface area (Å²) in [5.74, 6) is 1.59. The Morgan fingerprint density at radius 1 is 1.35 bits per heavy atom. The average Bonchev–Trinajstić information content (AvgIpc) is 2.80. The molecule has 0 fully saturated rings. The number of nitrogens with one attached hydrogen (secondary N) is 2. The number of carbonyl (C=O) groups is 1. The SMILES string of the molecule is Cc1nc(NC(=O)CCOc2cccc(C)c2C)n[nH]1. The van der Waals surface area contributed by atoms with E-state index in [2.05, 4.69) is 20.5 Å². The van der Waals surface area contributed by atoms with Crippen LogP contribution >= 0.6 is 0 Å². The minimum Gasteiger partial charge on any atom is -0.493 e. The third kappa shape index (κ3) is 3.57. The molecule has 2 rings (SSSR count). The Hall–Kier alpha value is -2.37. The Bertz CT molecular complexity index is 607. The summed E-state index contributed by atoms with van der Waals surface area (Å²) in [5.41, 5.74) is 2.26. The minimum atomic E-state index is -0.172. The maximum Gasteiger partial charge on any atom is 0.248 e. The van der Waals surface area contributed by atoms with E-state index in [-0.39, 0.29) is 12.3 Å². The number of hydrogen-bond acceptors (Lipinski definition) is 4. The zero-order valence-electron chi connectivity index (χ0n) is 11.9. The third-order valence-corrected chi connectivity index (χ3v) is 2.99. The van der Waals surface area contributed by atoms with Crippen molar-refractivity contribution in [1.82, 2.24) is 15.2 Å². The van der Waals surface area contributed by atoms with E-state index in [1.807, 2.05) is 32.0 Å². The van der Waals surface area contributed by atoms with Gasteiger partial charge >= 0.3 is 0 Å². The summed E-state index contributed by atoms with van der Waals surface area (Å²) >= 11 is 0. The van der Waals surface area contributed by atoms with Gasteiger partial charge in [-0.1, -0.05) is 12.1 Å². The van der Waals surface area contributed by atoms with Gasteiger partial charge in [-0.15, -0.1) is 5.10 Å². The largest absolute Gasteiger partial charge is 0.493 e. The Morgan fingerprint density at radius 2 is 2.15 bits per heavy atom. The van der Waals surface area contributed by atoms with Gasteiger partial charge in [0.05, 0.1) is 13.0 Å². The van der Waals surface area contributed by atoms with Crippen molar-refractivity contribution in [2.75, 3.05) is 11.9 Å². The molecule has 1 amide bonds. The summed E-state index contributed by atoms with van der Waals surface area (Å²) in [6, 6.07) is 5.87. The van der Waals surface area contributed by atoms with Gasteiger partial charge < -0.3 is 4.74 Å². The fourth-order valence-corrected chi connectivity index (χ4v) is 1.72. The molecule has 0 bridgehead atoms. The molecule has 2 N–H and O–H groups in total. The number of aromatic nitrogens is 3. The van der Waals surface area contributed by atoms with Crippen LogP contribution in [0.2, 0.25) is 0 Å². The molecular weight excluding hydrogens is 256 g/mol. The zero-order valence-corrected chi connectivity index (χ0v) is 11.9. The highest BCUT2D eigenvalue weighted by Gasteiger charge is 2.07. The van der Waals surface area contributed by atoms with E-state index in [0.717, 1.165) is 11.3 Å². The predicted octanol–water partition coefficient (Wildman–Crippen LogP) is 2.14. The van der Waals surface area contributed by atoms with E-state index < -0.39 is 0 Å². The van der Waals surface area contributed by atoms with E-state index in [1.165, 1.54) is 5.56 Å². The van der Waals surface area contributed by atoms with Crippen LogP contribution in [0.5, 0.6) is 5.75 Å². The number of aryl methyl sites for hydroxylation is 2. The molecule has 1 aromatic heterocycles. The van der Waals surface area contributed by atoms with E-state index in [9.17, 15) is 4.79 Å². The summed E-state index contributed by atoms with van der Waals surface area (Å²) in [4.78, 5) is 15.7. The van der Waals surface area contributed by atoms with Crippen LogP contribution in [0.4, 0.5) is 5.95 Å². The summed E-state index contributed by atoms with van der Waals surface area (Å²) < 4.78 is 5.62. The lowest BCUT2D eigenvalue weighted by Gasteiger charge is -2.10. The molecule has 0 radical (unpaired) electrons. The van der Waals surface area contributed by atoms with Gasteiger partial charge in [0.25, 0.3) is 0 Å². The zero-order chi connectivity index (χ0) is 14.5. The van der Waals surface area contributed by atoms with Crippen LogP contribution in [0.1, 0.15) is 23.4 Å². The summed E-state index contributed by atoms with van der Waals surface area (Å²) in [6.45, 7) is 6.12. The first-order chi connectivity index (χ1) is 9.56. The molecule has 1 heterocycles. The van der Waals surface area contributed by atoms with Crippen LogP contribution in [0.25, 0.3) is 0 Å². The molecule has 0 aliphatic carbocycles. The molecule has 20 heavy (non-hydrogen) atoms. The molecule has 0 aliphatic heterocycles. The number of rotatable bonds is 5. The first-order valence-electron chi connectivity index (χ1n) is 6.44. The molecule has 2 aromatic rings. The van der Waals surface area contributed by atoms with Crippen molar-refractivity contribution in [3.05, 3.63) is 35.2 Å². The van der Waals surface area contributed by atoms with Crippen LogP contribution in [0.3, 0.4) is 0 Å². The van der Waals surface area contributed by atoms with Crippen molar-refractivity contribution in [1.29, 1.82) is 0 Å². The molecular formula is C14H18N4O2. The van der Waals surface area contributed by atoms with Crippen LogP contribution in [0, 0.1) is 20.8 Å². The molecule has 0 spiro atoms. The molecule has 0 atom stereocenters. The number of benzene rings is 1. The Labute approximate surface area is 117 Å². The first-order valence-corrected chi connectivity index (χ1v) is 6.44. The Morgan fingerprint density at radius 3 is 2.85 bits per heavy atom. The maximum atomic E-state index is 11.7. The van der Waals surface area contributed by atoms with Gasteiger partial charge in [-0.25, -0.2) is 0 Å². The highest BCUT2D eigenvalue weighted by atomic mass is 16.5. The molecule has 1 aromatic carbocycles. The van der Waals surface area contributed by atoms with Gasteiger partial charge in [-0.3, -0.25) is 15.2 Å². The van der Waals surface area contributed by atoms with E-state index in [1.54, 1.807) is 6.92 Å². The van der Waals surface area contributed by atoms with E-state index in [4.69, 9.17) is 4.74 Å². The fraction of sp³-hybridized carbons (Fsp3) is 0.357. The highest BCUT2D eigenvalue weighted by Crippen LogP contribution is 2.20. The lowest BCUT2D eigenvalue weighted by molar-refractivity contribution is -0.116. The monoisotopic (exact) mass is 274 g/mol. The van der Waals surface area contributed by atoms with Gasteiger partial charge in [-0.05, 0) is 38.0 Å². The van der Waals surface area contributed by atoms with Crippen molar-refractivity contribution < 1.29 is 9.53 Å². The molecule has 0 aliphatic rings. The molecule has 6 nitrogen and oxygen atoms in total. The highest BCUT2D eigenvalue weighted by molar-refractivity contribution is 5.88. The topological polar surface area (TPSA) is 79.9 Å². The van der Waals surface area contributed by atoms with Crippen molar-refractivity contribution in [3.63, 3.8) is 0 Å². The fourth-order valence-electron chi connectivity index (χ4n) is 1.72. The van der Waals surface area contributed by atoms with Gasteiger partial charge in [0.15, 0.2) is 0 Å². The number of anilines is 1. The smallest absolute Gasteiger partial charge is 0.248 e. The average molecular weight is 274 g/mol. The van der Waals surface area contributed by atoms with Crippen LogP contribution in [0.15, 0.2) is 18.2 Å². The normalized spacial score (nSPS) is 10.3. The van der Waals surface area contributed by atoms with Crippen molar-refractivity contribution in [3.8, 4) is 5.75 Å². The molecule has 0 saturated carbocycles. The number of ether oxygens (including phenoxy) is 1. The molecule has 0 unspecified atom stereocenters. The van der Waals surface area contributed by atoms with Crippen molar-refractivity contribution >= 4 is 11.9 Å². The quantitative estimate of drug-likeness (QED) is 0.875. The van der Waals surface area contributed by atoms with Crippen molar-refractivity contribution in [2.45, 2.75) is 27.2 Å². The molecule has 106 valence electrons. The number of aromatic amines is 1. The number of hydrogen-bond donors (Lipinski definition) is 2. The van der Waals surface area contributed by atoms with Crippen LogP contribution < -0.4 is 10.1 Å². The van der Waals surface area contributed by atoms with Gasteiger partial charge in [0.1, 0.15) is 11.6 Å². The number of H-pyrrole nitrogens is 1. The second-order valence-corrected chi connectivity index (χ2v) is 4.59. The lowest BCUT2D eigenvalue weighted by Crippen LogP contribution is -2.16. The van der Waals surface area contributed by atoms with E-state index in [0.29, 0.717) is 18.4 Å². The molecule has 6 heteroatoms.